The summed E-state index contributed by atoms with van der Waals surface area (Å²) >= 11 is 7.99. The molecule has 0 fully saturated rings. The monoisotopic (exact) mass is 283 g/mol. The van der Waals surface area contributed by atoms with Crippen molar-refractivity contribution in [2.24, 2.45) is 0 Å². The molecular formula is C12H14BrNS. The van der Waals surface area contributed by atoms with Gasteiger partial charge in [-0.2, -0.15) is 12.6 Å². The number of benzene rings is 1. The molecule has 1 aromatic heterocycles. The Bertz CT molecular complexity index is 488. The van der Waals surface area contributed by atoms with Gasteiger partial charge >= 0.3 is 0 Å². The van der Waals surface area contributed by atoms with E-state index in [2.05, 4.69) is 71.4 Å². The number of hydrogen-bond donors (Lipinski definition) is 1. The summed E-state index contributed by atoms with van der Waals surface area (Å²) in [5.41, 5.74) is 2.57. The number of hydrogen-bond acceptors (Lipinski definition) is 1. The third-order valence-corrected chi connectivity index (χ3v) is 3.59. The van der Waals surface area contributed by atoms with Gasteiger partial charge in [-0.15, -0.1) is 0 Å². The highest BCUT2D eigenvalue weighted by Gasteiger charge is 2.11. The molecule has 0 saturated heterocycles. The summed E-state index contributed by atoms with van der Waals surface area (Å²) in [5.74, 6) is 0.784. The molecule has 1 aromatic carbocycles. The van der Waals surface area contributed by atoms with Crippen LogP contribution in [0.4, 0.5) is 0 Å². The molecule has 0 amide bonds. The zero-order chi connectivity index (χ0) is 11.0. The smallest absolute Gasteiger partial charge is 0.0630 e. The Kier molecular flexibility index (Phi) is 3.12. The number of nitrogens with zero attached hydrogens (tertiary/aromatic N) is 1. The number of fused-ring (bicyclic) bond motifs is 1. The van der Waals surface area contributed by atoms with Crippen LogP contribution in [-0.4, -0.2) is 4.57 Å². The average molecular weight is 284 g/mol. The SMILES string of the molecule is CC(C)n1cc(CS)c2cccc(Br)c21. The normalized spacial score (nSPS) is 11.5. The van der Waals surface area contributed by atoms with Crippen molar-refractivity contribution >= 4 is 39.5 Å². The summed E-state index contributed by atoms with van der Waals surface area (Å²) in [4.78, 5) is 0. The van der Waals surface area contributed by atoms with Gasteiger partial charge in [0.05, 0.1) is 5.52 Å². The number of halogens is 1. The maximum absolute atomic E-state index is 4.37. The Balaban J connectivity index is 2.82. The van der Waals surface area contributed by atoms with Gasteiger partial charge in [0.25, 0.3) is 0 Å². The van der Waals surface area contributed by atoms with Crippen molar-refractivity contribution in [3.8, 4) is 0 Å². The highest BCUT2D eigenvalue weighted by Crippen LogP contribution is 2.31. The van der Waals surface area contributed by atoms with E-state index in [0.717, 1.165) is 10.2 Å². The van der Waals surface area contributed by atoms with Gasteiger partial charge in [0.1, 0.15) is 0 Å². The van der Waals surface area contributed by atoms with Crippen molar-refractivity contribution in [1.82, 2.24) is 4.57 Å². The van der Waals surface area contributed by atoms with E-state index in [1.165, 1.54) is 16.5 Å². The van der Waals surface area contributed by atoms with Gasteiger partial charge in [0.2, 0.25) is 0 Å². The Labute approximate surface area is 104 Å². The summed E-state index contributed by atoms with van der Waals surface area (Å²) in [7, 11) is 0. The number of para-hydroxylation sites is 1. The quantitative estimate of drug-likeness (QED) is 0.779. The van der Waals surface area contributed by atoms with Crippen LogP contribution in [0.1, 0.15) is 25.5 Å². The first-order chi connectivity index (χ1) is 7.15. The first-order valence-corrected chi connectivity index (χ1v) is 6.46. The fourth-order valence-corrected chi connectivity index (χ4v) is 2.70. The van der Waals surface area contributed by atoms with Crippen LogP contribution in [0.25, 0.3) is 10.9 Å². The molecule has 2 aromatic rings. The Morgan fingerprint density at radius 1 is 1.40 bits per heavy atom. The van der Waals surface area contributed by atoms with Crippen molar-refractivity contribution in [1.29, 1.82) is 0 Å². The van der Waals surface area contributed by atoms with E-state index in [9.17, 15) is 0 Å². The van der Waals surface area contributed by atoms with Crippen molar-refractivity contribution in [3.63, 3.8) is 0 Å². The van der Waals surface area contributed by atoms with E-state index < -0.39 is 0 Å². The maximum atomic E-state index is 4.37. The van der Waals surface area contributed by atoms with Gasteiger partial charge in [-0.1, -0.05) is 12.1 Å². The van der Waals surface area contributed by atoms with E-state index in [-0.39, 0.29) is 0 Å². The van der Waals surface area contributed by atoms with Crippen LogP contribution in [0.15, 0.2) is 28.9 Å². The van der Waals surface area contributed by atoms with Gasteiger partial charge in [-0.05, 0) is 41.4 Å². The predicted octanol–water partition coefficient (Wildman–Crippen LogP) is 4.41. The molecule has 0 unspecified atom stereocenters. The summed E-state index contributed by atoms with van der Waals surface area (Å²) in [6, 6.07) is 6.79. The maximum Gasteiger partial charge on any atom is 0.0630 e. The third kappa shape index (κ3) is 1.83. The number of aromatic nitrogens is 1. The van der Waals surface area contributed by atoms with Crippen LogP contribution in [0.3, 0.4) is 0 Å². The summed E-state index contributed by atoms with van der Waals surface area (Å²) in [6.07, 6.45) is 2.20. The van der Waals surface area contributed by atoms with Gasteiger partial charge in [-0.3, -0.25) is 0 Å². The molecule has 15 heavy (non-hydrogen) atoms. The fraction of sp³-hybridized carbons (Fsp3) is 0.333. The molecule has 2 rings (SSSR count). The standard InChI is InChI=1S/C12H14BrNS/c1-8(2)14-6-9(7-15)10-4-3-5-11(13)12(10)14/h3-6,8,15H,7H2,1-2H3. The van der Waals surface area contributed by atoms with E-state index in [4.69, 9.17) is 0 Å². The molecule has 0 bridgehead atoms. The second-order valence-electron chi connectivity index (χ2n) is 3.95. The van der Waals surface area contributed by atoms with Crippen molar-refractivity contribution in [2.45, 2.75) is 25.6 Å². The minimum Gasteiger partial charge on any atom is -0.344 e. The zero-order valence-electron chi connectivity index (χ0n) is 8.87. The number of rotatable bonds is 2. The van der Waals surface area contributed by atoms with Gasteiger partial charge < -0.3 is 4.57 Å². The Morgan fingerprint density at radius 3 is 2.73 bits per heavy atom. The van der Waals surface area contributed by atoms with Crippen LogP contribution in [-0.2, 0) is 5.75 Å². The molecule has 3 heteroatoms. The van der Waals surface area contributed by atoms with Crippen LogP contribution in [0, 0.1) is 0 Å². The molecule has 80 valence electrons. The highest BCUT2D eigenvalue weighted by molar-refractivity contribution is 9.10. The molecule has 0 aliphatic rings. The van der Waals surface area contributed by atoms with Gasteiger partial charge in [0, 0.05) is 27.9 Å². The lowest BCUT2D eigenvalue weighted by Gasteiger charge is -2.09. The van der Waals surface area contributed by atoms with Crippen molar-refractivity contribution in [2.75, 3.05) is 0 Å². The molecule has 0 N–H and O–H groups in total. The van der Waals surface area contributed by atoms with Crippen LogP contribution in [0.2, 0.25) is 0 Å². The van der Waals surface area contributed by atoms with E-state index in [0.29, 0.717) is 6.04 Å². The molecule has 1 nitrogen and oxygen atoms in total. The average Bonchev–Trinajstić information content (AvgIpc) is 2.58. The first-order valence-electron chi connectivity index (χ1n) is 5.04. The lowest BCUT2D eigenvalue weighted by Crippen LogP contribution is -1.98. The second kappa shape index (κ2) is 4.22. The third-order valence-electron chi connectivity index (χ3n) is 2.61. The molecule has 0 spiro atoms. The topological polar surface area (TPSA) is 4.93 Å². The summed E-state index contributed by atoms with van der Waals surface area (Å²) in [5, 5.41) is 1.30. The van der Waals surface area contributed by atoms with Crippen LogP contribution < -0.4 is 0 Å². The van der Waals surface area contributed by atoms with Crippen LogP contribution in [0.5, 0.6) is 0 Å². The Morgan fingerprint density at radius 2 is 2.13 bits per heavy atom. The molecule has 0 aliphatic carbocycles. The molecule has 0 radical (unpaired) electrons. The van der Waals surface area contributed by atoms with Gasteiger partial charge in [-0.25, -0.2) is 0 Å². The molecule has 1 heterocycles. The Hall–Kier alpha value is -0.410. The van der Waals surface area contributed by atoms with E-state index >= 15 is 0 Å². The van der Waals surface area contributed by atoms with Gasteiger partial charge in [0.15, 0.2) is 0 Å². The molecular weight excluding hydrogens is 270 g/mol. The largest absolute Gasteiger partial charge is 0.344 e. The number of thiol groups is 1. The lowest BCUT2D eigenvalue weighted by atomic mass is 10.2. The lowest BCUT2D eigenvalue weighted by molar-refractivity contribution is 0.621. The zero-order valence-corrected chi connectivity index (χ0v) is 11.3. The fourth-order valence-electron chi connectivity index (χ4n) is 1.87. The molecule has 0 saturated carbocycles. The predicted molar refractivity (Wildman–Crippen MR) is 72.7 cm³/mol. The first kappa shape index (κ1) is 11.1. The highest BCUT2D eigenvalue weighted by atomic mass is 79.9. The van der Waals surface area contributed by atoms with E-state index in [1.807, 2.05) is 0 Å². The van der Waals surface area contributed by atoms with Crippen LogP contribution >= 0.6 is 28.6 Å². The van der Waals surface area contributed by atoms with Crippen molar-refractivity contribution < 1.29 is 0 Å². The minimum absolute atomic E-state index is 0.472. The molecule has 0 atom stereocenters. The van der Waals surface area contributed by atoms with Crippen molar-refractivity contribution in [3.05, 3.63) is 34.4 Å². The summed E-state index contributed by atoms with van der Waals surface area (Å²) in [6.45, 7) is 4.39. The molecule has 0 aliphatic heterocycles. The second-order valence-corrected chi connectivity index (χ2v) is 5.12. The summed E-state index contributed by atoms with van der Waals surface area (Å²) < 4.78 is 3.45. The minimum atomic E-state index is 0.472. The van der Waals surface area contributed by atoms with E-state index in [1.54, 1.807) is 0 Å².